The normalized spacial score (nSPS) is 13.0. The van der Waals surface area contributed by atoms with E-state index >= 15 is 0 Å². The molecule has 0 amide bonds. The number of rotatable bonds is 5. The van der Waals surface area contributed by atoms with Crippen LogP contribution in [0.4, 0.5) is 0 Å². The van der Waals surface area contributed by atoms with Crippen molar-refractivity contribution in [2.24, 2.45) is 0 Å². The first-order valence-electron chi connectivity index (χ1n) is 7.71. The maximum atomic E-state index is 10.1. The summed E-state index contributed by atoms with van der Waals surface area (Å²) in [7, 11) is 0. The fourth-order valence-electron chi connectivity index (χ4n) is 2.87. The van der Waals surface area contributed by atoms with E-state index in [4.69, 9.17) is 11.6 Å². The molecule has 3 rings (SSSR count). The zero-order chi connectivity index (χ0) is 16.8. The average Bonchev–Trinajstić information content (AvgIpc) is 2.66. The first kappa shape index (κ1) is 16.2. The third kappa shape index (κ3) is 3.29. The van der Waals surface area contributed by atoms with Crippen LogP contribution in [0.5, 0.6) is 0 Å². The molecule has 3 aromatic rings. The Morgan fingerprint density at radius 3 is 2.21 bits per heavy atom. The van der Waals surface area contributed by atoms with Crippen LogP contribution >= 0.6 is 11.6 Å². The monoisotopic (exact) mass is 333 g/mol. The largest absolute Gasteiger partial charge is 0.244 e. The first-order valence-corrected chi connectivity index (χ1v) is 8.09. The molecule has 0 saturated carbocycles. The zero-order valence-electron chi connectivity index (χ0n) is 13.1. The quantitative estimate of drug-likeness (QED) is 0.687. The molecule has 0 bridgehead atoms. The predicted molar refractivity (Wildman–Crippen MR) is 94.6 cm³/mol. The van der Waals surface area contributed by atoms with Crippen molar-refractivity contribution < 1.29 is 0 Å². The van der Waals surface area contributed by atoms with E-state index in [1.807, 2.05) is 54.6 Å². The summed E-state index contributed by atoms with van der Waals surface area (Å²) < 4.78 is 0. The Morgan fingerprint density at radius 1 is 0.917 bits per heavy atom. The molecule has 3 nitrogen and oxygen atoms in total. The van der Waals surface area contributed by atoms with Crippen molar-refractivity contribution in [2.45, 2.75) is 18.3 Å². The molecule has 24 heavy (non-hydrogen) atoms. The van der Waals surface area contributed by atoms with E-state index in [1.54, 1.807) is 12.4 Å². The van der Waals surface area contributed by atoms with Crippen molar-refractivity contribution in [3.8, 4) is 6.07 Å². The topological polar surface area (TPSA) is 49.6 Å². The molecule has 0 fully saturated rings. The molecule has 0 radical (unpaired) electrons. The molecular formula is C20H16ClN3. The van der Waals surface area contributed by atoms with Crippen LogP contribution in [0.1, 0.15) is 23.1 Å². The minimum atomic E-state index is -0.776. The Labute approximate surface area is 146 Å². The second kappa shape index (κ2) is 7.25. The van der Waals surface area contributed by atoms with E-state index in [-0.39, 0.29) is 0 Å². The molecule has 1 unspecified atom stereocenters. The van der Waals surface area contributed by atoms with E-state index in [0.717, 1.165) is 23.1 Å². The summed E-state index contributed by atoms with van der Waals surface area (Å²) >= 11 is 5.95. The Kier molecular flexibility index (Phi) is 4.88. The molecule has 1 heterocycles. The van der Waals surface area contributed by atoms with Crippen molar-refractivity contribution in [1.82, 2.24) is 9.97 Å². The predicted octanol–water partition coefficient (Wildman–Crippen LogP) is 4.57. The highest BCUT2D eigenvalue weighted by atomic mass is 35.5. The summed E-state index contributed by atoms with van der Waals surface area (Å²) in [5, 5.41) is 10.8. The fourth-order valence-corrected chi connectivity index (χ4v) is 2.99. The smallest absolute Gasteiger partial charge is 0.115 e. The van der Waals surface area contributed by atoms with Gasteiger partial charge in [-0.05, 0) is 36.1 Å². The Balaban J connectivity index is 1.99. The van der Waals surface area contributed by atoms with Gasteiger partial charge in [-0.25, -0.2) is 9.97 Å². The van der Waals surface area contributed by atoms with Crippen LogP contribution in [0, 0.1) is 11.3 Å². The molecule has 0 saturated heterocycles. The SMILES string of the molecule is N#CC(CCc1ccc(Cl)cc1)(c1ccccc1)c1cncnc1. The highest BCUT2D eigenvalue weighted by Gasteiger charge is 2.34. The van der Waals surface area contributed by atoms with Crippen LogP contribution < -0.4 is 0 Å². The van der Waals surface area contributed by atoms with E-state index in [0.29, 0.717) is 11.4 Å². The van der Waals surface area contributed by atoms with Crippen LogP contribution in [0.3, 0.4) is 0 Å². The maximum Gasteiger partial charge on any atom is 0.115 e. The lowest BCUT2D eigenvalue weighted by Gasteiger charge is -2.27. The minimum absolute atomic E-state index is 0.641. The molecule has 0 N–H and O–H groups in total. The molecule has 118 valence electrons. The first-order chi connectivity index (χ1) is 11.7. The van der Waals surface area contributed by atoms with Gasteiger partial charge in [-0.1, -0.05) is 54.1 Å². The Morgan fingerprint density at radius 2 is 1.58 bits per heavy atom. The van der Waals surface area contributed by atoms with Gasteiger partial charge in [0.2, 0.25) is 0 Å². The van der Waals surface area contributed by atoms with E-state index in [1.165, 1.54) is 6.33 Å². The summed E-state index contributed by atoms with van der Waals surface area (Å²) in [4.78, 5) is 8.22. The molecule has 2 aromatic carbocycles. The van der Waals surface area contributed by atoms with Crippen molar-refractivity contribution >= 4 is 11.6 Å². The highest BCUT2D eigenvalue weighted by Crippen LogP contribution is 2.35. The summed E-state index contributed by atoms with van der Waals surface area (Å²) in [6.07, 6.45) is 6.34. The summed E-state index contributed by atoms with van der Waals surface area (Å²) in [5.41, 5.74) is 2.14. The van der Waals surface area contributed by atoms with Gasteiger partial charge in [-0.15, -0.1) is 0 Å². The Hall–Kier alpha value is -2.70. The van der Waals surface area contributed by atoms with Gasteiger partial charge in [0.05, 0.1) is 6.07 Å². The molecule has 0 aliphatic heterocycles. The van der Waals surface area contributed by atoms with Gasteiger partial charge in [-0.3, -0.25) is 0 Å². The number of hydrogen-bond acceptors (Lipinski definition) is 3. The molecule has 0 aliphatic rings. The van der Waals surface area contributed by atoms with Crippen molar-refractivity contribution in [2.75, 3.05) is 0 Å². The van der Waals surface area contributed by atoms with Crippen molar-refractivity contribution in [1.29, 1.82) is 5.26 Å². The van der Waals surface area contributed by atoms with Gasteiger partial charge in [0.15, 0.2) is 0 Å². The molecular weight excluding hydrogens is 318 g/mol. The number of hydrogen-bond donors (Lipinski definition) is 0. The van der Waals surface area contributed by atoms with E-state index < -0.39 is 5.41 Å². The summed E-state index contributed by atoms with van der Waals surface area (Å²) in [6, 6.07) is 20.1. The van der Waals surface area contributed by atoms with Crippen LogP contribution in [-0.4, -0.2) is 9.97 Å². The number of benzene rings is 2. The number of aromatic nitrogens is 2. The number of aryl methyl sites for hydroxylation is 1. The minimum Gasteiger partial charge on any atom is -0.244 e. The van der Waals surface area contributed by atoms with Crippen LogP contribution in [0.25, 0.3) is 0 Å². The lowest BCUT2D eigenvalue weighted by atomic mass is 9.73. The van der Waals surface area contributed by atoms with Gasteiger partial charge in [-0.2, -0.15) is 5.26 Å². The van der Waals surface area contributed by atoms with Crippen LogP contribution in [0.15, 0.2) is 73.3 Å². The third-order valence-electron chi connectivity index (χ3n) is 4.21. The van der Waals surface area contributed by atoms with E-state index in [9.17, 15) is 5.26 Å². The number of halogens is 1. The lowest BCUT2D eigenvalue weighted by Crippen LogP contribution is -2.27. The van der Waals surface area contributed by atoms with Crippen molar-refractivity contribution in [3.05, 3.63) is 95.0 Å². The van der Waals surface area contributed by atoms with Gasteiger partial charge in [0.1, 0.15) is 11.7 Å². The van der Waals surface area contributed by atoms with Crippen LogP contribution in [-0.2, 0) is 11.8 Å². The molecule has 1 aromatic heterocycles. The summed E-state index contributed by atoms with van der Waals surface area (Å²) in [5.74, 6) is 0. The molecule has 0 spiro atoms. The number of nitrogens with zero attached hydrogens (tertiary/aromatic N) is 3. The second-order valence-corrected chi connectivity index (χ2v) is 6.07. The number of nitriles is 1. The van der Waals surface area contributed by atoms with Gasteiger partial charge in [0, 0.05) is 23.0 Å². The van der Waals surface area contributed by atoms with Crippen LogP contribution in [0.2, 0.25) is 5.02 Å². The standard InChI is InChI=1S/C20H16ClN3/c21-19-8-6-16(7-9-19)10-11-20(14-22,17-4-2-1-3-5-17)18-12-23-15-24-13-18/h1-9,12-13,15H,10-11H2. The second-order valence-electron chi connectivity index (χ2n) is 5.64. The van der Waals surface area contributed by atoms with E-state index in [2.05, 4.69) is 16.0 Å². The van der Waals surface area contributed by atoms with Gasteiger partial charge < -0.3 is 0 Å². The maximum absolute atomic E-state index is 10.1. The molecule has 0 aliphatic carbocycles. The average molecular weight is 334 g/mol. The Bertz CT molecular complexity index is 785. The van der Waals surface area contributed by atoms with Gasteiger partial charge in [0.25, 0.3) is 0 Å². The fraction of sp³-hybridized carbons (Fsp3) is 0.150. The van der Waals surface area contributed by atoms with Gasteiger partial charge >= 0.3 is 0 Å². The van der Waals surface area contributed by atoms with Crippen molar-refractivity contribution in [3.63, 3.8) is 0 Å². The highest BCUT2D eigenvalue weighted by molar-refractivity contribution is 6.30. The summed E-state index contributed by atoms with van der Waals surface area (Å²) in [6.45, 7) is 0. The zero-order valence-corrected chi connectivity index (χ0v) is 13.8. The molecule has 1 atom stereocenters. The lowest BCUT2D eigenvalue weighted by molar-refractivity contribution is 0.587. The molecule has 4 heteroatoms. The third-order valence-corrected chi connectivity index (χ3v) is 4.46.